The van der Waals surface area contributed by atoms with Crippen molar-refractivity contribution in [3.8, 4) is 0 Å². The van der Waals surface area contributed by atoms with Crippen molar-refractivity contribution >= 4 is 5.97 Å². The monoisotopic (exact) mass is 218 g/mol. The van der Waals surface area contributed by atoms with E-state index in [4.69, 9.17) is 4.74 Å². The van der Waals surface area contributed by atoms with Crippen molar-refractivity contribution in [3.63, 3.8) is 0 Å². The Morgan fingerprint density at radius 3 is 2.62 bits per heavy atom. The fourth-order valence-electron chi connectivity index (χ4n) is 2.46. The molecule has 1 aromatic carbocycles. The largest absolute Gasteiger partial charge is 0.466 e. The SMILES string of the molecule is CCOC(=O)[C@]1(CC)C[C@@H]1c1ccccc1. The average Bonchev–Trinajstić information content (AvgIpc) is 3.06. The van der Waals surface area contributed by atoms with Crippen LogP contribution in [0.3, 0.4) is 0 Å². The van der Waals surface area contributed by atoms with Gasteiger partial charge in [-0.15, -0.1) is 0 Å². The van der Waals surface area contributed by atoms with E-state index in [-0.39, 0.29) is 11.4 Å². The minimum Gasteiger partial charge on any atom is -0.466 e. The predicted molar refractivity (Wildman–Crippen MR) is 63.2 cm³/mol. The normalized spacial score (nSPS) is 27.5. The molecule has 0 aliphatic heterocycles. The lowest BCUT2D eigenvalue weighted by Gasteiger charge is -2.13. The molecule has 0 spiro atoms. The Bertz CT molecular complexity index is 372. The number of ether oxygens (including phenoxy) is 1. The van der Waals surface area contributed by atoms with E-state index in [0.717, 1.165) is 12.8 Å². The number of carbonyl (C=O) groups excluding carboxylic acids is 1. The molecule has 1 aromatic rings. The zero-order valence-corrected chi connectivity index (χ0v) is 9.90. The molecule has 1 fully saturated rings. The van der Waals surface area contributed by atoms with E-state index < -0.39 is 0 Å². The summed E-state index contributed by atoms with van der Waals surface area (Å²) >= 11 is 0. The Hall–Kier alpha value is -1.31. The molecule has 0 saturated heterocycles. The van der Waals surface area contributed by atoms with Crippen molar-refractivity contribution in [3.05, 3.63) is 35.9 Å². The molecule has 0 aromatic heterocycles. The van der Waals surface area contributed by atoms with Gasteiger partial charge in [0.2, 0.25) is 0 Å². The summed E-state index contributed by atoms with van der Waals surface area (Å²) in [6.45, 7) is 4.41. The average molecular weight is 218 g/mol. The molecule has 2 nitrogen and oxygen atoms in total. The van der Waals surface area contributed by atoms with Crippen molar-refractivity contribution in [2.75, 3.05) is 6.61 Å². The zero-order chi connectivity index (χ0) is 11.6. The van der Waals surface area contributed by atoms with Crippen LogP contribution in [0.25, 0.3) is 0 Å². The van der Waals surface area contributed by atoms with E-state index >= 15 is 0 Å². The van der Waals surface area contributed by atoms with Crippen LogP contribution in [0.4, 0.5) is 0 Å². The van der Waals surface area contributed by atoms with Gasteiger partial charge in [-0.3, -0.25) is 4.79 Å². The van der Waals surface area contributed by atoms with Crippen LogP contribution in [0.5, 0.6) is 0 Å². The van der Waals surface area contributed by atoms with Crippen LogP contribution in [-0.4, -0.2) is 12.6 Å². The first kappa shape index (κ1) is 11.2. The van der Waals surface area contributed by atoms with E-state index in [0.29, 0.717) is 12.5 Å². The molecule has 1 saturated carbocycles. The van der Waals surface area contributed by atoms with Crippen LogP contribution >= 0.6 is 0 Å². The van der Waals surface area contributed by atoms with Crippen LogP contribution in [0, 0.1) is 5.41 Å². The summed E-state index contributed by atoms with van der Waals surface area (Å²) in [4.78, 5) is 11.9. The Morgan fingerprint density at radius 1 is 1.38 bits per heavy atom. The zero-order valence-electron chi connectivity index (χ0n) is 9.90. The van der Waals surface area contributed by atoms with E-state index in [9.17, 15) is 4.79 Å². The number of esters is 1. The lowest BCUT2D eigenvalue weighted by molar-refractivity contribution is -0.150. The first-order chi connectivity index (χ1) is 7.74. The lowest BCUT2D eigenvalue weighted by Crippen LogP contribution is -2.20. The second kappa shape index (κ2) is 4.28. The first-order valence-electron chi connectivity index (χ1n) is 5.96. The van der Waals surface area contributed by atoms with Crippen molar-refractivity contribution in [1.29, 1.82) is 0 Å². The molecule has 2 rings (SSSR count). The predicted octanol–water partition coefficient (Wildman–Crippen LogP) is 3.13. The van der Waals surface area contributed by atoms with E-state index in [1.807, 2.05) is 25.1 Å². The Morgan fingerprint density at radius 2 is 2.06 bits per heavy atom. The topological polar surface area (TPSA) is 26.3 Å². The standard InChI is InChI=1S/C14H18O2/c1-3-14(13(15)16-4-2)10-12(14)11-8-6-5-7-9-11/h5-9,12H,3-4,10H2,1-2H3/t12-,14-/m1/s1. The van der Waals surface area contributed by atoms with Crippen LogP contribution in [0.2, 0.25) is 0 Å². The highest BCUT2D eigenvalue weighted by Crippen LogP contribution is 2.62. The van der Waals surface area contributed by atoms with Crippen LogP contribution in [-0.2, 0) is 9.53 Å². The van der Waals surface area contributed by atoms with Crippen LogP contribution in [0.15, 0.2) is 30.3 Å². The quantitative estimate of drug-likeness (QED) is 0.726. The molecule has 1 aliphatic carbocycles. The van der Waals surface area contributed by atoms with Gasteiger partial charge in [-0.05, 0) is 25.3 Å². The van der Waals surface area contributed by atoms with Gasteiger partial charge >= 0.3 is 5.97 Å². The summed E-state index contributed by atoms with van der Waals surface area (Å²) in [5, 5.41) is 0. The maximum absolute atomic E-state index is 11.9. The highest BCUT2D eigenvalue weighted by Gasteiger charge is 2.60. The minimum absolute atomic E-state index is 0.0219. The molecule has 2 atom stereocenters. The molecule has 0 radical (unpaired) electrons. The number of benzene rings is 1. The Balaban J connectivity index is 2.14. The highest BCUT2D eigenvalue weighted by molar-refractivity contribution is 5.82. The van der Waals surface area contributed by atoms with Gasteiger partial charge in [-0.2, -0.15) is 0 Å². The molecule has 86 valence electrons. The smallest absolute Gasteiger partial charge is 0.312 e. The molecule has 0 bridgehead atoms. The van der Waals surface area contributed by atoms with E-state index in [1.165, 1.54) is 5.56 Å². The number of hydrogen-bond donors (Lipinski definition) is 0. The number of rotatable bonds is 4. The van der Waals surface area contributed by atoms with Gasteiger partial charge < -0.3 is 4.74 Å². The summed E-state index contributed by atoms with van der Waals surface area (Å²) in [5.74, 6) is 0.337. The van der Waals surface area contributed by atoms with Gasteiger partial charge in [-0.1, -0.05) is 37.3 Å². The second-order valence-electron chi connectivity index (χ2n) is 4.40. The van der Waals surface area contributed by atoms with E-state index in [2.05, 4.69) is 19.1 Å². The summed E-state index contributed by atoms with van der Waals surface area (Å²) in [6.07, 6.45) is 1.80. The highest BCUT2D eigenvalue weighted by atomic mass is 16.5. The lowest BCUT2D eigenvalue weighted by atomic mass is 9.96. The third-order valence-corrected chi connectivity index (χ3v) is 3.59. The fraction of sp³-hybridized carbons (Fsp3) is 0.500. The first-order valence-corrected chi connectivity index (χ1v) is 5.96. The minimum atomic E-state index is -0.239. The Kier molecular flexibility index (Phi) is 2.99. The van der Waals surface area contributed by atoms with E-state index in [1.54, 1.807) is 0 Å². The number of hydrogen-bond acceptors (Lipinski definition) is 2. The van der Waals surface area contributed by atoms with Gasteiger partial charge in [0.15, 0.2) is 0 Å². The van der Waals surface area contributed by atoms with Crippen LogP contribution < -0.4 is 0 Å². The maximum atomic E-state index is 11.9. The summed E-state index contributed by atoms with van der Waals surface area (Å²) in [6, 6.07) is 10.3. The van der Waals surface area contributed by atoms with Crippen molar-refractivity contribution < 1.29 is 9.53 Å². The van der Waals surface area contributed by atoms with Gasteiger partial charge in [0.25, 0.3) is 0 Å². The van der Waals surface area contributed by atoms with Gasteiger partial charge in [0.1, 0.15) is 0 Å². The molecular weight excluding hydrogens is 200 g/mol. The van der Waals surface area contributed by atoms with Crippen molar-refractivity contribution in [2.45, 2.75) is 32.6 Å². The molecule has 0 amide bonds. The molecule has 1 aliphatic rings. The maximum Gasteiger partial charge on any atom is 0.312 e. The third kappa shape index (κ3) is 1.73. The van der Waals surface area contributed by atoms with Crippen LogP contribution in [0.1, 0.15) is 38.2 Å². The fourth-order valence-corrected chi connectivity index (χ4v) is 2.46. The summed E-state index contributed by atoms with van der Waals surface area (Å²) in [7, 11) is 0. The van der Waals surface area contributed by atoms with Crippen molar-refractivity contribution in [1.82, 2.24) is 0 Å². The molecule has 0 heterocycles. The molecule has 0 unspecified atom stereocenters. The summed E-state index contributed by atoms with van der Waals surface area (Å²) < 4.78 is 5.17. The third-order valence-electron chi connectivity index (χ3n) is 3.59. The Labute approximate surface area is 96.6 Å². The molecule has 2 heteroatoms. The number of carbonyl (C=O) groups is 1. The van der Waals surface area contributed by atoms with Gasteiger partial charge in [0, 0.05) is 5.92 Å². The van der Waals surface area contributed by atoms with Gasteiger partial charge in [-0.25, -0.2) is 0 Å². The second-order valence-corrected chi connectivity index (χ2v) is 4.40. The molecule has 16 heavy (non-hydrogen) atoms. The van der Waals surface area contributed by atoms with Crippen molar-refractivity contribution in [2.24, 2.45) is 5.41 Å². The molecule has 0 N–H and O–H groups in total. The molecular formula is C14H18O2. The summed E-state index contributed by atoms with van der Waals surface area (Å²) in [5.41, 5.74) is 1.02. The van der Waals surface area contributed by atoms with Gasteiger partial charge in [0.05, 0.1) is 12.0 Å².